The molecule has 0 fully saturated rings. The zero-order valence-corrected chi connectivity index (χ0v) is 6.03. The molecule has 0 saturated heterocycles. The third kappa shape index (κ3) is 1.56. The van der Waals surface area contributed by atoms with Gasteiger partial charge in [0.2, 0.25) is 0 Å². The summed E-state index contributed by atoms with van der Waals surface area (Å²) in [6.07, 6.45) is 0. The molecule has 11 heavy (non-hydrogen) atoms. The highest BCUT2D eigenvalue weighted by molar-refractivity contribution is 5.85. The summed E-state index contributed by atoms with van der Waals surface area (Å²) in [7, 11) is 0. The van der Waals surface area contributed by atoms with Crippen molar-refractivity contribution < 1.29 is 9.90 Å². The number of hydrogen-bond donors (Lipinski definition) is 3. The summed E-state index contributed by atoms with van der Waals surface area (Å²) in [5, 5.41) is 14.5. The molecule has 0 aromatic carbocycles. The van der Waals surface area contributed by atoms with Gasteiger partial charge in [0, 0.05) is 6.04 Å². The maximum absolute atomic E-state index is 10.3. The second-order valence-electron chi connectivity index (χ2n) is 2.30. The quantitative estimate of drug-likeness (QED) is 0.565. The Morgan fingerprint density at radius 2 is 2.55 bits per heavy atom. The molecule has 0 amide bonds. The molecule has 0 bridgehead atoms. The summed E-state index contributed by atoms with van der Waals surface area (Å²) < 4.78 is 0. The lowest BCUT2D eigenvalue weighted by atomic mass is 10.2. The highest BCUT2D eigenvalue weighted by Crippen LogP contribution is 2.06. The Balaban J connectivity index is 2.90. The average molecular weight is 155 g/mol. The first-order chi connectivity index (χ1) is 5.11. The van der Waals surface area contributed by atoms with Crippen molar-refractivity contribution in [3.8, 4) is 0 Å². The third-order valence-corrected chi connectivity index (χ3v) is 1.31. The fraction of sp³-hybridized carbons (Fsp3) is 0.333. The van der Waals surface area contributed by atoms with E-state index in [-0.39, 0.29) is 11.7 Å². The highest BCUT2D eigenvalue weighted by atomic mass is 16.4. The summed E-state index contributed by atoms with van der Waals surface area (Å²) >= 11 is 0. The van der Waals surface area contributed by atoms with Crippen LogP contribution in [0.25, 0.3) is 0 Å². The van der Waals surface area contributed by atoms with E-state index in [4.69, 9.17) is 10.8 Å². The van der Waals surface area contributed by atoms with Crippen molar-refractivity contribution in [1.82, 2.24) is 10.2 Å². The smallest absolute Gasteiger partial charge is 0.356 e. The SMILES string of the molecule is CC(N)c1cc(C(=O)O)n[nH]1. The molecule has 1 atom stereocenters. The van der Waals surface area contributed by atoms with Gasteiger partial charge >= 0.3 is 5.97 Å². The van der Waals surface area contributed by atoms with Crippen LogP contribution in [0.2, 0.25) is 0 Å². The van der Waals surface area contributed by atoms with Gasteiger partial charge in [0.15, 0.2) is 5.69 Å². The van der Waals surface area contributed by atoms with Gasteiger partial charge in [0.05, 0.1) is 5.69 Å². The number of aromatic carboxylic acids is 1. The Morgan fingerprint density at radius 3 is 2.82 bits per heavy atom. The molecule has 1 unspecified atom stereocenters. The van der Waals surface area contributed by atoms with Gasteiger partial charge in [-0.15, -0.1) is 0 Å². The Labute approximate surface area is 63.2 Å². The number of nitrogens with zero attached hydrogens (tertiary/aromatic N) is 1. The molecular formula is C6H9N3O2. The van der Waals surface area contributed by atoms with Crippen molar-refractivity contribution in [2.75, 3.05) is 0 Å². The number of carbonyl (C=O) groups is 1. The molecule has 0 aliphatic rings. The number of hydrogen-bond acceptors (Lipinski definition) is 3. The lowest BCUT2D eigenvalue weighted by Crippen LogP contribution is -2.04. The van der Waals surface area contributed by atoms with Gasteiger partial charge in [0.1, 0.15) is 0 Å². The Kier molecular flexibility index (Phi) is 1.91. The van der Waals surface area contributed by atoms with Crippen molar-refractivity contribution in [1.29, 1.82) is 0 Å². The second-order valence-corrected chi connectivity index (χ2v) is 2.30. The van der Waals surface area contributed by atoms with Crippen molar-refractivity contribution in [2.24, 2.45) is 5.73 Å². The number of nitrogens with one attached hydrogen (secondary N) is 1. The van der Waals surface area contributed by atoms with E-state index in [0.29, 0.717) is 5.69 Å². The standard InChI is InChI=1S/C6H9N3O2/c1-3(7)4-2-5(6(10)11)9-8-4/h2-3H,7H2,1H3,(H,8,9)(H,10,11). The number of aromatic nitrogens is 2. The lowest BCUT2D eigenvalue weighted by Gasteiger charge is -1.96. The monoisotopic (exact) mass is 155 g/mol. The molecule has 1 aromatic rings. The molecule has 1 rings (SSSR count). The van der Waals surface area contributed by atoms with Crippen molar-refractivity contribution in [3.63, 3.8) is 0 Å². The van der Waals surface area contributed by atoms with Crippen LogP contribution in [0.1, 0.15) is 29.1 Å². The molecular weight excluding hydrogens is 146 g/mol. The number of rotatable bonds is 2. The van der Waals surface area contributed by atoms with E-state index >= 15 is 0 Å². The predicted molar refractivity (Wildman–Crippen MR) is 38.1 cm³/mol. The van der Waals surface area contributed by atoms with E-state index in [9.17, 15) is 4.79 Å². The van der Waals surface area contributed by atoms with Crippen LogP contribution in [-0.2, 0) is 0 Å². The number of H-pyrrole nitrogens is 1. The molecule has 5 nitrogen and oxygen atoms in total. The molecule has 0 radical (unpaired) electrons. The third-order valence-electron chi connectivity index (χ3n) is 1.31. The van der Waals surface area contributed by atoms with Gasteiger partial charge in [-0.25, -0.2) is 4.79 Å². The van der Waals surface area contributed by atoms with Gasteiger partial charge in [-0.3, -0.25) is 5.10 Å². The Bertz CT molecular complexity index is 267. The number of nitrogens with two attached hydrogens (primary N) is 1. The van der Waals surface area contributed by atoms with E-state index in [0.717, 1.165) is 0 Å². The fourth-order valence-electron chi connectivity index (χ4n) is 0.679. The van der Waals surface area contributed by atoms with E-state index in [1.54, 1.807) is 6.92 Å². The van der Waals surface area contributed by atoms with Crippen LogP contribution in [0.4, 0.5) is 0 Å². The minimum atomic E-state index is -1.05. The van der Waals surface area contributed by atoms with Crippen molar-refractivity contribution in [3.05, 3.63) is 17.5 Å². The van der Waals surface area contributed by atoms with Crippen LogP contribution in [-0.4, -0.2) is 21.3 Å². The summed E-state index contributed by atoms with van der Waals surface area (Å²) in [5.74, 6) is -1.05. The zero-order valence-electron chi connectivity index (χ0n) is 6.03. The summed E-state index contributed by atoms with van der Waals surface area (Å²) in [6.45, 7) is 1.75. The maximum Gasteiger partial charge on any atom is 0.356 e. The lowest BCUT2D eigenvalue weighted by molar-refractivity contribution is 0.0690. The van der Waals surface area contributed by atoms with Crippen LogP contribution < -0.4 is 5.73 Å². The minimum Gasteiger partial charge on any atom is -0.476 e. The second kappa shape index (κ2) is 2.71. The molecule has 60 valence electrons. The molecule has 5 heteroatoms. The van der Waals surface area contributed by atoms with Gasteiger partial charge < -0.3 is 10.8 Å². The molecule has 0 saturated carbocycles. The predicted octanol–water partition coefficient (Wildman–Crippen LogP) is 0.128. The van der Waals surface area contributed by atoms with E-state index in [1.165, 1.54) is 6.07 Å². The number of carboxylic acid groups (broad SMARTS) is 1. The molecule has 1 heterocycles. The maximum atomic E-state index is 10.3. The molecule has 1 aromatic heterocycles. The van der Waals surface area contributed by atoms with Crippen molar-refractivity contribution >= 4 is 5.97 Å². The molecule has 4 N–H and O–H groups in total. The topological polar surface area (TPSA) is 92.0 Å². The van der Waals surface area contributed by atoms with Crippen LogP contribution in [0.3, 0.4) is 0 Å². The fourth-order valence-corrected chi connectivity index (χ4v) is 0.679. The normalized spacial score (nSPS) is 12.9. The van der Waals surface area contributed by atoms with Gasteiger partial charge in [-0.1, -0.05) is 0 Å². The first-order valence-corrected chi connectivity index (χ1v) is 3.15. The average Bonchev–Trinajstić information content (AvgIpc) is 2.33. The van der Waals surface area contributed by atoms with Gasteiger partial charge in [-0.05, 0) is 13.0 Å². The highest BCUT2D eigenvalue weighted by Gasteiger charge is 2.09. The summed E-state index contributed by atoms with van der Waals surface area (Å²) in [5.41, 5.74) is 6.09. The van der Waals surface area contributed by atoms with Crippen LogP contribution in [0.5, 0.6) is 0 Å². The molecule has 0 aliphatic heterocycles. The first kappa shape index (κ1) is 7.74. The van der Waals surface area contributed by atoms with Crippen LogP contribution >= 0.6 is 0 Å². The van der Waals surface area contributed by atoms with Crippen molar-refractivity contribution in [2.45, 2.75) is 13.0 Å². The Hall–Kier alpha value is -1.36. The van der Waals surface area contributed by atoms with E-state index in [2.05, 4.69) is 10.2 Å². The minimum absolute atomic E-state index is 0.00250. The van der Waals surface area contributed by atoms with E-state index < -0.39 is 5.97 Å². The molecule has 0 spiro atoms. The zero-order chi connectivity index (χ0) is 8.43. The molecule has 0 aliphatic carbocycles. The number of carboxylic acids is 1. The summed E-state index contributed by atoms with van der Waals surface area (Å²) in [6, 6.07) is 1.21. The number of aromatic amines is 1. The largest absolute Gasteiger partial charge is 0.476 e. The Morgan fingerprint density at radius 1 is 1.91 bits per heavy atom. The van der Waals surface area contributed by atoms with Crippen LogP contribution in [0, 0.1) is 0 Å². The van der Waals surface area contributed by atoms with Gasteiger partial charge in [0.25, 0.3) is 0 Å². The first-order valence-electron chi connectivity index (χ1n) is 3.15. The van der Waals surface area contributed by atoms with Crippen LogP contribution in [0.15, 0.2) is 6.07 Å². The summed E-state index contributed by atoms with van der Waals surface area (Å²) in [4.78, 5) is 10.3. The van der Waals surface area contributed by atoms with E-state index in [1.807, 2.05) is 0 Å². The van der Waals surface area contributed by atoms with Gasteiger partial charge in [-0.2, -0.15) is 5.10 Å².